The summed E-state index contributed by atoms with van der Waals surface area (Å²) < 4.78 is 0. The molecule has 0 aromatic rings. The Morgan fingerprint density at radius 3 is 2.43 bits per heavy atom. The van der Waals surface area contributed by atoms with Gasteiger partial charge in [0.1, 0.15) is 0 Å². The summed E-state index contributed by atoms with van der Waals surface area (Å²) in [6, 6.07) is 0.708. The Hall–Kier alpha value is 0.170. The summed E-state index contributed by atoms with van der Waals surface area (Å²) >= 11 is 5.57. The fourth-order valence-corrected chi connectivity index (χ4v) is 2.06. The molecule has 1 fully saturated rings. The molecule has 1 rings (SSSR count). The first kappa shape index (κ1) is 12.2. The highest BCUT2D eigenvalue weighted by Crippen LogP contribution is 2.14. The molecule has 0 aromatic carbocycles. The minimum Gasteiger partial charge on any atom is -0.391 e. The Morgan fingerprint density at radius 2 is 2.00 bits per heavy atom. The molecule has 1 heterocycles. The Balaban J connectivity index is 2.22. The van der Waals surface area contributed by atoms with Gasteiger partial charge in [-0.1, -0.05) is 0 Å². The van der Waals surface area contributed by atoms with Crippen LogP contribution >= 0.6 is 11.6 Å². The number of hydrogen-bond acceptors (Lipinski definition) is 3. The lowest BCUT2D eigenvalue weighted by atomic mass is 10.0. The van der Waals surface area contributed by atoms with Gasteiger partial charge in [-0.25, -0.2) is 0 Å². The molecule has 0 aromatic heterocycles. The van der Waals surface area contributed by atoms with Crippen LogP contribution in [0.15, 0.2) is 0 Å². The highest BCUT2D eigenvalue weighted by molar-refractivity contribution is 6.18. The number of β-amino-alcohol motifs (C(OH)–C–C–N with tert-alkyl or cyclic N) is 1. The molecule has 84 valence electrons. The average molecular weight is 221 g/mol. The Bertz CT molecular complexity index is 158. The predicted molar refractivity (Wildman–Crippen MR) is 59.9 cm³/mol. The van der Waals surface area contributed by atoms with Crippen molar-refractivity contribution in [2.75, 3.05) is 39.6 Å². The topological polar surface area (TPSA) is 26.7 Å². The molecule has 1 aliphatic rings. The maximum atomic E-state index is 9.40. The number of piperidine rings is 1. The van der Waals surface area contributed by atoms with Crippen LogP contribution in [0.5, 0.6) is 0 Å². The minimum absolute atomic E-state index is 0.341. The van der Waals surface area contributed by atoms with Crippen LogP contribution < -0.4 is 0 Å². The molecule has 14 heavy (non-hydrogen) atoms. The molecule has 0 bridgehead atoms. The van der Waals surface area contributed by atoms with E-state index in [-0.39, 0.29) is 6.10 Å². The monoisotopic (exact) mass is 220 g/mol. The number of aliphatic hydroxyl groups is 1. The third kappa shape index (κ3) is 3.73. The maximum Gasteiger partial charge on any atom is 0.0802 e. The summed E-state index contributed by atoms with van der Waals surface area (Å²) in [5, 5.41) is 9.40. The van der Waals surface area contributed by atoms with E-state index < -0.39 is 0 Å². The number of rotatable bonds is 4. The molecule has 0 saturated carbocycles. The van der Waals surface area contributed by atoms with Crippen molar-refractivity contribution in [1.82, 2.24) is 9.80 Å². The van der Waals surface area contributed by atoms with Gasteiger partial charge in [-0.2, -0.15) is 0 Å². The van der Waals surface area contributed by atoms with Gasteiger partial charge in [0, 0.05) is 18.5 Å². The van der Waals surface area contributed by atoms with Gasteiger partial charge in [0.15, 0.2) is 0 Å². The van der Waals surface area contributed by atoms with Crippen LogP contribution in [0.4, 0.5) is 0 Å². The fraction of sp³-hybridized carbons (Fsp3) is 1.00. The standard InChI is InChI=1S/C10H21ClN2O/c1-12(2)9-3-5-13(6-4-9)8-10(14)7-11/h9-10,14H,3-8H2,1-2H3. The Labute approximate surface area is 91.6 Å². The molecule has 1 N–H and O–H groups in total. The fourth-order valence-electron chi connectivity index (χ4n) is 1.97. The Kier molecular flexibility index (Phi) is 5.17. The molecule has 0 aliphatic carbocycles. The molecule has 0 amide bonds. The lowest BCUT2D eigenvalue weighted by Crippen LogP contribution is -2.44. The lowest BCUT2D eigenvalue weighted by Gasteiger charge is -2.35. The van der Waals surface area contributed by atoms with Gasteiger partial charge in [-0.15, -0.1) is 11.6 Å². The van der Waals surface area contributed by atoms with Gasteiger partial charge in [-0.3, -0.25) is 0 Å². The van der Waals surface area contributed by atoms with E-state index in [9.17, 15) is 5.11 Å². The molecule has 0 spiro atoms. The zero-order chi connectivity index (χ0) is 10.6. The van der Waals surface area contributed by atoms with Crippen molar-refractivity contribution >= 4 is 11.6 Å². The highest BCUT2D eigenvalue weighted by Gasteiger charge is 2.21. The zero-order valence-corrected chi connectivity index (χ0v) is 9.87. The van der Waals surface area contributed by atoms with Crippen molar-refractivity contribution in [1.29, 1.82) is 0 Å². The highest BCUT2D eigenvalue weighted by atomic mass is 35.5. The number of halogens is 1. The van der Waals surface area contributed by atoms with Gasteiger partial charge in [0.2, 0.25) is 0 Å². The maximum absolute atomic E-state index is 9.40. The summed E-state index contributed by atoms with van der Waals surface area (Å²) in [6.45, 7) is 2.89. The van der Waals surface area contributed by atoms with E-state index in [4.69, 9.17) is 11.6 Å². The third-order valence-corrected chi connectivity index (χ3v) is 3.29. The van der Waals surface area contributed by atoms with Crippen molar-refractivity contribution in [3.8, 4) is 0 Å². The molecule has 1 atom stereocenters. The number of aliphatic hydroxyl groups excluding tert-OH is 1. The van der Waals surface area contributed by atoms with Crippen molar-refractivity contribution in [2.45, 2.75) is 25.0 Å². The van der Waals surface area contributed by atoms with Crippen LogP contribution in [0.3, 0.4) is 0 Å². The first-order valence-electron chi connectivity index (χ1n) is 5.26. The number of hydrogen-bond donors (Lipinski definition) is 1. The quantitative estimate of drug-likeness (QED) is 0.704. The lowest BCUT2D eigenvalue weighted by molar-refractivity contribution is 0.0903. The Morgan fingerprint density at radius 1 is 1.43 bits per heavy atom. The van der Waals surface area contributed by atoms with E-state index in [1.165, 1.54) is 12.8 Å². The van der Waals surface area contributed by atoms with Crippen molar-refractivity contribution in [3.05, 3.63) is 0 Å². The summed E-state index contributed by atoms with van der Waals surface area (Å²) in [5.74, 6) is 0.341. The van der Waals surface area contributed by atoms with Crippen molar-refractivity contribution in [2.24, 2.45) is 0 Å². The molecule has 1 unspecified atom stereocenters. The summed E-state index contributed by atoms with van der Waals surface area (Å²) in [6.07, 6.45) is 2.02. The second-order valence-electron chi connectivity index (χ2n) is 4.30. The predicted octanol–water partition coefficient (Wildman–Crippen LogP) is 0.612. The van der Waals surface area contributed by atoms with Gasteiger partial charge < -0.3 is 14.9 Å². The molecule has 1 saturated heterocycles. The van der Waals surface area contributed by atoms with Crippen LogP contribution in [-0.2, 0) is 0 Å². The second-order valence-corrected chi connectivity index (χ2v) is 4.61. The summed E-state index contributed by atoms with van der Waals surface area (Å²) in [5.41, 5.74) is 0. The number of alkyl halides is 1. The van der Waals surface area contributed by atoms with E-state index in [1.807, 2.05) is 0 Å². The van der Waals surface area contributed by atoms with Crippen LogP contribution in [0.1, 0.15) is 12.8 Å². The molecule has 3 nitrogen and oxygen atoms in total. The molecule has 0 radical (unpaired) electrons. The largest absolute Gasteiger partial charge is 0.391 e. The minimum atomic E-state index is -0.368. The van der Waals surface area contributed by atoms with Crippen molar-refractivity contribution in [3.63, 3.8) is 0 Å². The van der Waals surface area contributed by atoms with E-state index in [0.29, 0.717) is 11.9 Å². The smallest absolute Gasteiger partial charge is 0.0802 e. The number of likely N-dealkylation sites (tertiary alicyclic amines) is 1. The van der Waals surface area contributed by atoms with E-state index in [0.717, 1.165) is 19.6 Å². The summed E-state index contributed by atoms with van der Waals surface area (Å²) in [4.78, 5) is 4.59. The SMILES string of the molecule is CN(C)C1CCN(CC(O)CCl)CC1. The molecule has 1 aliphatic heterocycles. The zero-order valence-electron chi connectivity index (χ0n) is 9.12. The first-order valence-corrected chi connectivity index (χ1v) is 5.79. The van der Waals surface area contributed by atoms with Gasteiger partial charge in [-0.05, 0) is 40.0 Å². The average Bonchev–Trinajstić information content (AvgIpc) is 2.18. The second kappa shape index (κ2) is 5.91. The number of nitrogens with zero attached hydrogens (tertiary/aromatic N) is 2. The molecule has 4 heteroatoms. The first-order chi connectivity index (χ1) is 6.63. The van der Waals surface area contributed by atoms with Gasteiger partial charge in [0.25, 0.3) is 0 Å². The van der Waals surface area contributed by atoms with Crippen LogP contribution in [-0.4, -0.2) is 66.7 Å². The van der Waals surface area contributed by atoms with E-state index in [2.05, 4.69) is 23.9 Å². The molecular weight excluding hydrogens is 200 g/mol. The van der Waals surface area contributed by atoms with Gasteiger partial charge >= 0.3 is 0 Å². The normalized spacial score (nSPS) is 22.9. The van der Waals surface area contributed by atoms with Crippen LogP contribution in [0.25, 0.3) is 0 Å². The van der Waals surface area contributed by atoms with Crippen LogP contribution in [0.2, 0.25) is 0 Å². The summed E-state index contributed by atoms with van der Waals surface area (Å²) in [7, 11) is 4.27. The van der Waals surface area contributed by atoms with Crippen LogP contribution in [0, 0.1) is 0 Å². The third-order valence-electron chi connectivity index (χ3n) is 2.93. The van der Waals surface area contributed by atoms with E-state index >= 15 is 0 Å². The van der Waals surface area contributed by atoms with Gasteiger partial charge in [0.05, 0.1) is 6.10 Å². The molecular formula is C10H21ClN2O. The van der Waals surface area contributed by atoms with Crippen molar-refractivity contribution < 1.29 is 5.11 Å². The van der Waals surface area contributed by atoms with E-state index in [1.54, 1.807) is 0 Å².